The normalized spacial score (nSPS) is 18.2. The summed E-state index contributed by atoms with van der Waals surface area (Å²) in [6.07, 6.45) is 10.5. The SMILES string of the molecule is CC1(C)CCC(CN2CCN(c3ccc(C(=O)N[S+]([O-])c4cc(C#N)c5c(c4)CC[C@H](c4ccc(Cl)cn4)N5)c(Cc4cnc5[nH]ccc5c4)c3)CC2)=C(c2ccc(Cl)cc2)C1. The quantitative estimate of drug-likeness (QED) is 0.116. The summed E-state index contributed by atoms with van der Waals surface area (Å²) in [4.78, 5) is 31.7. The summed E-state index contributed by atoms with van der Waals surface area (Å²) in [6.45, 7) is 9.24. The van der Waals surface area contributed by atoms with Gasteiger partial charge in [-0.2, -0.15) is 9.98 Å². The highest BCUT2D eigenvalue weighted by Crippen LogP contribution is 2.43. The lowest BCUT2D eigenvalue weighted by Crippen LogP contribution is -2.47. The number of hydrogen-bond acceptors (Lipinski definition) is 8. The standard InChI is InChI=1S/C49H48Cl2N8O2S/c1-49(2)15-13-35(43(26-49)32-3-6-38(50)7-4-32)30-58-17-19-59(20-18-58)40-9-10-42(36(23-40)22-31-21-34-14-16-53-47(34)55-28-31)48(60)57-62(61)41-24-33-5-11-45(44-12-8-39(51)29-54-44)56-46(33)37(25-41)27-52/h3-4,6-10,12,14,16,21,23-25,28-29,45,56H,5,11,13,15,17-20,22,26,30H2,1-2H3,(H,53,55)(H,57,60)/t45-,62?/m1/s1. The number of aryl methyl sites for hydroxylation is 1. The van der Waals surface area contributed by atoms with Gasteiger partial charge >= 0.3 is 0 Å². The van der Waals surface area contributed by atoms with E-state index in [9.17, 15) is 14.6 Å². The molecule has 1 fully saturated rings. The zero-order valence-corrected chi connectivity index (χ0v) is 37.1. The molecular formula is C49H48Cl2N8O2S. The first kappa shape index (κ1) is 42.0. The molecule has 1 amide bonds. The van der Waals surface area contributed by atoms with Crippen molar-refractivity contribution >= 4 is 68.5 Å². The van der Waals surface area contributed by atoms with Gasteiger partial charge in [-0.15, -0.1) is 0 Å². The van der Waals surface area contributed by atoms with Crippen LogP contribution >= 0.6 is 23.2 Å². The van der Waals surface area contributed by atoms with Gasteiger partial charge < -0.3 is 19.8 Å². The highest BCUT2D eigenvalue weighted by Gasteiger charge is 2.31. The van der Waals surface area contributed by atoms with Crippen LogP contribution in [0.15, 0.2) is 108 Å². The highest BCUT2D eigenvalue weighted by atomic mass is 35.5. The monoisotopic (exact) mass is 882 g/mol. The molecule has 0 spiro atoms. The molecule has 10 nitrogen and oxygen atoms in total. The number of nitrogens with one attached hydrogen (secondary N) is 3. The van der Waals surface area contributed by atoms with E-state index >= 15 is 0 Å². The van der Waals surface area contributed by atoms with Crippen molar-refractivity contribution in [2.45, 2.75) is 63.3 Å². The number of nitriles is 1. The number of H-pyrrole nitrogens is 1. The molecule has 3 aromatic heterocycles. The molecule has 316 valence electrons. The summed E-state index contributed by atoms with van der Waals surface area (Å²) in [5.74, 6) is -0.450. The van der Waals surface area contributed by atoms with E-state index in [1.807, 2.05) is 54.9 Å². The minimum atomic E-state index is -1.92. The molecule has 2 atom stereocenters. The molecule has 1 unspecified atom stereocenters. The second-order valence-electron chi connectivity index (χ2n) is 17.4. The number of piperazine rings is 1. The van der Waals surface area contributed by atoms with Gasteiger partial charge in [0, 0.05) is 85.1 Å². The molecule has 0 radical (unpaired) electrons. The van der Waals surface area contributed by atoms with Crippen molar-refractivity contribution in [1.29, 1.82) is 5.26 Å². The summed E-state index contributed by atoms with van der Waals surface area (Å²) in [6, 6.07) is 27.6. The fourth-order valence-electron chi connectivity index (χ4n) is 9.14. The van der Waals surface area contributed by atoms with Gasteiger partial charge in [0.25, 0.3) is 5.91 Å². The zero-order valence-electron chi connectivity index (χ0n) is 34.8. The van der Waals surface area contributed by atoms with Crippen molar-refractivity contribution in [2.75, 3.05) is 42.9 Å². The molecule has 5 heterocycles. The number of nitrogens with zero attached hydrogens (tertiary/aromatic N) is 5. The molecule has 3 aromatic carbocycles. The van der Waals surface area contributed by atoms with Crippen LogP contribution in [-0.4, -0.2) is 63.0 Å². The number of hydrogen-bond donors (Lipinski definition) is 3. The Morgan fingerprint density at radius 1 is 0.968 bits per heavy atom. The van der Waals surface area contributed by atoms with E-state index in [1.165, 1.54) is 23.1 Å². The highest BCUT2D eigenvalue weighted by molar-refractivity contribution is 7.90. The van der Waals surface area contributed by atoms with E-state index in [2.05, 4.69) is 79.0 Å². The Labute approximate surface area is 375 Å². The van der Waals surface area contributed by atoms with Gasteiger partial charge in [0.15, 0.2) is 4.90 Å². The molecule has 13 heteroatoms. The first-order chi connectivity index (χ1) is 30.0. The van der Waals surface area contributed by atoms with E-state index in [0.717, 1.165) is 96.1 Å². The van der Waals surface area contributed by atoms with E-state index in [1.54, 1.807) is 18.3 Å². The third-order valence-corrected chi connectivity index (χ3v) is 14.1. The topological polar surface area (TPSA) is 136 Å². The van der Waals surface area contributed by atoms with Crippen LogP contribution in [0.1, 0.15) is 89.4 Å². The van der Waals surface area contributed by atoms with Gasteiger partial charge in [-0.1, -0.05) is 54.8 Å². The molecule has 3 N–H and O–H groups in total. The number of amides is 1. The number of aromatic amines is 1. The number of pyridine rings is 2. The smallest absolute Gasteiger partial charge is 0.292 e. The number of carbonyl (C=O) groups is 1. The zero-order chi connectivity index (χ0) is 43.0. The number of halogens is 2. The minimum absolute atomic E-state index is 0.0951. The fourth-order valence-corrected chi connectivity index (χ4v) is 10.2. The molecule has 1 aliphatic carbocycles. The number of allylic oxidation sites excluding steroid dienone is 1. The number of aromatic nitrogens is 3. The summed E-state index contributed by atoms with van der Waals surface area (Å²) < 4.78 is 16.7. The Hall–Kier alpha value is -5.35. The molecule has 0 saturated carbocycles. The van der Waals surface area contributed by atoms with Crippen LogP contribution in [0.3, 0.4) is 0 Å². The Morgan fingerprint density at radius 2 is 1.77 bits per heavy atom. The summed E-state index contributed by atoms with van der Waals surface area (Å²) in [5.41, 5.74) is 11.3. The lowest BCUT2D eigenvalue weighted by atomic mass is 9.72. The van der Waals surface area contributed by atoms with Gasteiger partial charge in [-0.3, -0.25) is 14.7 Å². The maximum atomic E-state index is 14.1. The number of fused-ring (bicyclic) bond motifs is 2. The predicted molar refractivity (Wildman–Crippen MR) is 249 cm³/mol. The second kappa shape index (κ2) is 17.8. The average molecular weight is 884 g/mol. The van der Waals surface area contributed by atoms with Crippen LogP contribution in [0.2, 0.25) is 10.0 Å². The van der Waals surface area contributed by atoms with Gasteiger partial charge in [-0.25, -0.2) is 4.98 Å². The Kier molecular flexibility index (Phi) is 12.0. The van der Waals surface area contributed by atoms with Crippen LogP contribution in [0, 0.1) is 16.7 Å². The molecule has 2 aliphatic heterocycles. The number of anilines is 2. The summed E-state index contributed by atoms with van der Waals surface area (Å²) in [7, 11) is 0. The molecule has 9 rings (SSSR count). The van der Waals surface area contributed by atoms with Crippen LogP contribution in [0.5, 0.6) is 0 Å². The van der Waals surface area contributed by atoms with E-state index in [-0.39, 0.29) is 11.5 Å². The Morgan fingerprint density at radius 3 is 2.55 bits per heavy atom. The second-order valence-corrected chi connectivity index (χ2v) is 19.5. The van der Waals surface area contributed by atoms with Crippen LogP contribution in [0.25, 0.3) is 16.6 Å². The molecule has 62 heavy (non-hydrogen) atoms. The Bertz CT molecular complexity index is 2700. The van der Waals surface area contributed by atoms with Crippen LogP contribution in [-0.2, 0) is 24.2 Å². The lowest BCUT2D eigenvalue weighted by molar-refractivity contribution is 0.0980. The van der Waals surface area contributed by atoms with Crippen molar-refractivity contribution in [3.05, 3.63) is 152 Å². The van der Waals surface area contributed by atoms with Gasteiger partial charge in [0.1, 0.15) is 23.1 Å². The average Bonchev–Trinajstić information content (AvgIpc) is 3.75. The van der Waals surface area contributed by atoms with Crippen LogP contribution < -0.4 is 14.9 Å². The van der Waals surface area contributed by atoms with Crippen molar-refractivity contribution in [1.82, 2.24) is 24.6 Å². The van der Waals surface area contributed by atoms with Crippen molar-refractivity contribution in [3.8, 4) is 6.07 Å². The molecule has 3 aliphatic rings. The third-order valence-electron chi connectivity index (χ3n) is 12.6. The lowest BCUT2D eigenvalue weighted by Gasteiger charge is -2.39. The molecule has 0 bridgehead atoms. The molecule has 1 saturated heterocycles. The van der Waals surface area contributed by atoms with Gasteiger partial charge in [0.05, 0.1) is 28.0 Å². The maximum absolute atomic E-state index is 14.1. The van der Waals surface area contributed by atoms with E-state index in [4.69, 9.17) is 23.2 Å². The van der Waals surface area contributed by atoms with Crippen molar-refractivity contribution in [2.24, 2.45) is 5.41 Å². The van der Waals surface area contributed by atoms with E-state index < -0.39 is 17.3 Å². The Balaban J connectivity index is 0.926. The van der Waals surface area contributed by atoms with Crippen molar-refractivity contribution in [3.63, 3.8) is 0 Å². The summed E-state index contributed by atoms with van der Waals surface area (Å²) >= 11 is 10.4. The predicted octanol–water partition coefficient (Wildman–Crippen LogP) is 10.1. The number of benzene rings is 3. The van der Waals surface area contributed by atoms with E-state index in [0.29, 0.717) is 39.6 Å². The largest absolute Gasteiger partial charge is 0.588 e. The molecular weight excluding hydrogens is 836 g/mol. The number of rotatable bonds is 10. The fraction of sp³-hybridized carbons (Fsp3) is 0.306. The maximum Gasteiger partial charge on any atom is 0.292 e. The van der Waals surface area contributed by atoms with Gasteiger partial charge in [-0.05, 0) is 126 Å². The van der Waals surface area contributed by atoms with Crippen molar-refractivity contribution < 1.29 is 9.35 Å². The number of carbonyl (C=O) groups excluding carboxylic acids is 1. The first-order valence-electron chi connectivity index (χ1n) is 21.2. The van der Waals surface area contributed by atoms with Gasteiger partial charge in [0.2, 0.25) is 0 Å². The van der Waals surface area contributed by atoms with Crippen LogP contribution in [0.4, 0.5) is 11.4 Å². The summed E-state index contributed by atoms with van der Waals surface area (Å²) in [5, 5.41) is 15.9. The third kappa shape index (κ3) is 9.22. The molecule has 6 aromatic rings. The first-order valence-corrected chi connectivity index (χ1v) is 23.1. The minimum Gasteiger partial charge on any atom is -0.588 e.